The van der Waals surface area contributed by atoms with Crippen LogP contribution in [0.3, 0.4) is 0 Å². The lowest BCUT2D eigenvalue weighted by atomic mass is 9.66. The van der Waals surface area contributed by atoms with Gasteiger partial charge in [0.15, 0.2) is 0 Å². The second kappa shape index (κ2) is 18.1. The molecule has 1 aromatic carbocycles. The van der Waals surface area contributed by atoms with Crippen molar-refractivity contribution in [2.24, 2.45) is 17.3 Å². The number of rotatable bonds is 18. The molecule has 2 aliphatic carbocycles. The Morgan fingerprint density at radius 2 is 1.18 bits per heavy atom. The Morgan fingerprint density at radius 1 is 0.658 bits per heavy atom. The predicted molar refractivity (Wildman–Crippen MR) is 165 cm³/mol. The maximum Gasteiger partial charge on any atom is 0.0689 e. The Kier molecular flexibility index (Phi) is 14.9. The van der Waals surface area contributed by atoms with Crippen LogP contribution in [0.5, 0.6) is 0 Å². The minimum absolute atomic E-state index is 0.0381. The van der Waals surface area contributed by atoms with Crippen LogP contribution < -0.4 is 0 Å². The standard InChI is InChI=1S/C37H61N/c1-3-5-7-9-11-13-15-32-17-19-34(20-18-32)25-28-37(31-38)29-26-36(27-30-37)35-23-21-33(22-24-35)16-14-12-10-8-6-4-2/h21-24,32,34,36H,3-20,25-30H2,1-2H3/t32-,34-,36-,37-. The summed E-state index contributed by atoms with van der Waals surface area (Å²) in [5.41, 5.74) is 2.99. The highest BCUT2D eigenvalue weighted by atomic mass is 14.4. The molecule has 214 valence electrons. The summed E-state index contributed by atoms with van der Waals surface area (Å²) in [4.78, 5) is 0. The zero-order chi connectivity index (χ0) is 26.9. The number of unbranched alkanes of at least 4 members (excludes halogenated alkanes) is 10. The van der Waals surface area contributed by atoms with E-state index in [1.165, 1.54) is 146 Å². The third-order valence-electron chi connectivity index (χ3n) is 10.4. The minimum atomic E-state index is -0.0381. The number of hydrogen-bond acceptors (Lipinski definition) is 1. The van der Waals surface area contributed by atoms with Gasteiger partial charge < -0.3 is 0 Å². The zero-order valence-corrected chi connectivity index (χ0v) is 25.5. The zero-order valence-electron chi connectivity index (χ0n) is 25.5. The molecule has 38 heavy (non-hydrogen) atoms. The van der Waals surface area contributed by atoms with E-state index in [4.69, 9.17) is 0 Å². The summed E-state index contributed by atoms with van der Waals surface area (Å²) in [5, 5.41) is 10.2. The van der Waals surface area contributed by atoms with Crippen LogP contribution in [0.4, 0.5) is 0 Å². The fraction of sp³-hybridized carbons (Fsp3) is 0.811. The van der Waals surface area contributed by atoms with Crippen LogP contribution in [-0.4, -0.2) is 0 Å². The van der Waals surface area contributed by atoms with Crippen LogP contribution in [0.15, 0.2) is 24.3 Å². The maximum atomic E-state index is 10.2. The van der Waals surface area contributed by atoms with E-state index >= 15 is 0 Å². The summed E-state index contributed by atoms with van der Waals surface area (Å²) < 4.78 is 0. The summed E-state index contributed by atoms with van der Waals surface area (Å²) in [6.07, 6.45) is 32.4. The number of nitrogens with zero attached hydrogens (tertiary/aromatic N) is 1. The second-order valence-corrected chi connectivity index (χ2v) is 13.4. The molecule has 1 aromatic rings. The van der Waals surface area contributed by atoms with Crippen LogP contribution in [0, 0.1) is 28.6 Å². The van der Waals surface area contributed by atoms with E-state index in [0.29, 0.717) is 5.92 Å². The molecule has 3 rings (SSSR count). The van der Waals surface area contributed by atoms with Crippen molar-refractivity contribution in [2.75, 3.05) is 0 Å². The van der Waals surface area contributed by atoms with Crippen molar-refractivity contribution in [1.29, 1.82) is 5.26 Å². The molecular formula is C37H61N. The Balaban J connectivity index is 1.31. The van der Waals surface area contributed by atoms with E-state index < -0.39 is 0 Å². The molecule has 1 heteroatoms. The van der Waals surface area contributed by atoms with Gasteiger partial charge in [-0.05, 0) is 80.2 Å². The van der Waals surface area contributed by atoms with Crippen molar-refractivity contribution >= 4 is 0 Å². The average molecular weight is 520 g/mol. The molecule has 2 saturated carbocycles. The van der Waals surface area contributed by atoms with E-state index in [9.17, 15) is 5.26 Å². The number of benzene rings is 1. The first kappa shape index (κ1) is 31.2. The summed E-state index contributed by atoms with van der Waals surface area (Å²) in [6.45, 7) is 4.59. The van der Waals surface area contributed by atoms with E-state index in [1.807, 2.05) is 0 Å². The molecule has 0 heterocycles. The highest BCUT2D eigenvalue weighted by molar-refractivity contribution is 5.26. The van der Waals surface area contributed by atoms with Gasteiger partial charge in [-0.1, -0.05) is 141 Å². The predicted octanol–water partition coefficient (Wildman–Crippen LogP) is 12.1. The Hall–Kier alpha value is -1.29. The highest BCUT2D eigenvalue weighted by Crippen LogP contribution is 2.47. The van der Waals surface area contributed by atoms with Crippen LogP contribution in [-0.2, 0) is 6.42 Å². The Labute approximate surface area is 237 Å². The van der Waals surface area contributed by atoms with Crippen LogP contribution in [0.2, 0.25) is 0 Å². The van der Waals surface area contributed by atoms with Gasteiger partial charge >= 0.3 is 0 Å². The van der Waals surface area contributed by atoms with Crippen molar-refractivity contribution in [3.8, 4) is 6.07 Å². The summed E-state index contributed by atoms with van der Waals surface area (Å²) >= 11 is 0. The summed E-state index contributed by atoms with van der Waals surface area (Å²) in [5.74, 6) is 2.55. The molecular weight excluding hydrogens is 458 g/mol. The highest BCUT2D eigenvalue weighted by Gasteiger charge is 2.36. The molecule has 2 fully saturated rings. The minimum Gasteiger partial charge on any atom is -0.198 e. The smallest absolute Gasteiger partial charge is 0.0689 e. The van der Waals surface area contributed by atoms with Gasteiger partial charge in [0, 0.05) is 0 Å². The monoisotopic (exact) mass is 519 g/mol. The number of nitriles is 1. The molecule has 0 N–H and O–H groups in total. The largest absolute Gasteiger partial charge is 0.198 e. The summed E-state index contributed by atoms with van der Waals surface area (Å²) in [7, 11) is 0. The van der Waals surface area contributed by atoms with Gasteiger partial charge in [-0.25, -0.2) is 0 Å². The van der Waals surface area contributed by atoms with E-state index in [0.717, 1.165) is 31.1 Å². The lowest BCUT2D eigenvalue weighted by Gasteiger charge is -2.37. The third-order valence-corrected chi connectivity index (χ3v) is 10.4. The molecule has 1 nitrogen and oxygen atoms in total. The summed E-state index contributed by atoms with van der Waals surface area (Å²) in [6, 6.07) is 12.4. The molecule has 0 bridgehead atoms. The van der Waals surface area contributed by atoms with Crippen molar-refractivity contribution in [3.05, 3.63) is 35.4 Å². The number of hydrogen-bond donors (Lipinski definition) is 0. The molecule has 0 saturated heterocycles. The quantitative estimate of drug-likeness (QED) is 0.177. The molecule has 0 unspecified atom stereocenters. The lowest BCUT2D eigenvalue weighted by molar-refractivity contribution is 0.185. The normalized spacial score (nSPS) is 25.8. The van der Waals surface area contributed by atoms with E-state index in [1.54, 1.807) is 0 Å². The van der Waals surface area contributed by atoms with Crippen LogP contribution in [0.1, 0.15) is 179 Å². The fourth-order valence-corrected chi connectivity index (χ4v) is 7.49. The molecule has 0 aromatic heterocycles. The van der Waals surface area contributed by atoms with Gasteiger partial charge in [0.1, 0.15) is 0 Å². The van der Waals surface area contributed by atoms with Crippen molar-refractivity contribution < 1.29 is 0 Å². The molecule has 0 aliphatic heterocycles. The Morgan fingerprint density at radius 3 is 1.76 bits per heavy atom. The molecule has 0 atom stereocenters. The lowest BCUT2D eigenvalue weighted by Crippen LogP contribution is -2.27. The van der Waals surface area contributed by atoms with Crippen molar-refractivity contribution in [1.82, 2.24) is 0 Å². The van der Waals surface area contributed by atoms with E-state index in [2.05, 4.69) is 44.2 Å². The first-order valence-corrected chi connectivity index (χ1v) is 17.2. The second-order valence-electron chi connectivity index (χ2n) is 13.4. The SMILES string of the molecule is CCCCCCCCc1ccc([C@H]2CC[C@@](C#N)(CC[C@H]3CC[C@H](CCCCCCCC)CC3)CC2)cc1. The van der Waals surface area contributed by atoms with Gasteiger partial charge in [0.05, 0.1) is 11.5 Å². The molecule has 0 spiro atoms. The molecule has 2 aliphatic rings. The van der Waals surface area contributed by atoms with Crippen LogP contribution >= 0.6 is 0 Å². The molecule has 0 amide bonds. The Bertz CT molecular complexity index is 755. The number of aryl methyl sites for hydroxylation is 1. The third kappa shape index (κ3) is 11.1. The van der Waals surface area contributed by atoms with Crippen LogP contribution in [0.25, 0.3) is 0 Å². The van der Waals surface area contributed by atoms with Gasteiger partial charge in [-0.15, -0.1) is 0 Å². The molecule has 0 radical (unpaired) electrons. The van der Waals surface area contributed by atoms with E-state index in [-0.39, 0.29) is 5.41 Å². The van der Waals surface area contributed by atoms with Gasteiger partial charge in [0.2, 0.25) is 0 Å². The van der Waals surface area contributed by atoms with Crippen molar-refractivity contribution in [2.45, 2.75) is 174 Å². The van der Waals surface area contributed by atoms with Gasteiger partial charge in [0.25, 0.3) is 0 Å². The topological polar surface area (TPSA) is 23.8 Å². The first-order chi connectivity index (χ1) is 18.7. The fourth-order valence-electron chi connectivity index (χ4n) is 7.49. The van der Waals surface area contributed by atoms with Crippen molar-refractivity contribution in [3.63, 3.8) is 0 Å². The van der Waals surface area contributed by atoms with Gasteiger partial charge in [-0.3, -0.25) is 0 Å². The van der Waals surface area contributed by atoms with Gasteiger partial charge in [-0.2, -0.15) is 5.26 Å². The average Bonchev–Trinajstić information content (AvgIpc) is 2.97. The first-order valence-electron chi connectivity index (χ1n) is 17.2. The maximum absolute atomic E-state index is 10.2.